The summed E-state index contributed by atoms with van der Waals surface area (Å²) in [5.41, 5.74) is 3.31. The molecule has 0 aromatic heterocycles. The number of nitrogens with one attached hydrogen (secondary N) is 1. The van der Waals surface area contributed by atoms with Gasteiger partial charge in [-0.05, 0) is 43.5 Å². The SMILES string of the molecule is CCCN(CCC)C(=O)c1cccc(C(=O)NCc2ccc(C)cc2)c1. The Morgan fingerprint density at radius 3 is 2.15 bits per heavy atom. The molecule has 2 aromatic carbocycles. The summed E-state index contributed by atoms with van der Waals surface area (Å²) < 4.78 is 0. The van der Waals surface area contributed by atoms with Gasteiger partial charge in [-0.15, -0.1) is 0 Å². The largest absolute Gasteiger partial charge is 0.348 e. The molecule has 0 spiro atoms. The van der Waals surface area contributed by atoms with Crippen LogP contribution in [0.3, 0.4) is 0 Å². The highest BCUT2D eigenvalue weighted by atomic mass is 16.2. The first-order valence-corrected chi connectivity index (χ1v) is 9.28. The number of amides is 2. The lowest BCUT2D eigenvalue weighted by molar-refractivity contribution is 0.0755. The molecule has 0 aliphatic rings. The summed E-state index contributed by atoms with van der Waals surface area (Å²) in [7, 11) is 0. The fourth-order valence-corrected chi connectivity index (χ4v) is 2.82. The molecule has 4 heteroatoms. The van der Waals surface area contributed by atoms with E-state index in [0.29, 0.717) is 17.7 Å². The minimum absolute atomic E-state index is 0.0121. The van der Waals surface area contributed by atoms with Crippen LogP contribution in [-0.2, 0) is 6.54 Å². The van der Waals surface area contributed by atoms with Gasteiger partial charge in [-0.2, -0.15) is 0 Å². The molecule has 0 heterocycles. The second-order valence-electron chi connectivity index (χ2n) is 6.54. The van der Waals surface area contributed by atoms with E-state index in [1.165, 1.54) is 5.56 Å². The van der Waals surface area contributed by atoms with Crippen molar-refractivity contribution in [1.29, 1.82) is 0 Å². The predicted octanol–water partition coefficient (Wildman–Crippen LogP) is 4.19. The Hall–Kier alpha value is -2.62. The van der Waals surface area contributed by atoms with Crippen molar-refractivity contribution in [2.75, 3.05) is 13.1 Å². The number of hydrogen-bond donors (Lipinski definition) is 1. The number of hydrogen-bond acceptors (Lipinski definition) is 2. The van der Waals surface area contributed by atoms with Crippen LogP contribution in [-0.4, -0.2) is 29.8 Å². The summed E-state index contributed by atoms with van der Waals surface area (Å²) in [6.45, 7) is 8.09. The van der Waals surface area contributed by atoms with E-state index in [1.54, 1.807) is 24.3 Å². The van der Waals surface area contributed by atoms with Crippen LogP contribution in [0.15, 0.2) is 48.5 Å². The smallest absolute Gasteiger partial charge is 0.253 e. The average Bonchev–Trinajstić information content (AvgIpc) is 2.66. The van der Waals surface area contributed by atoms with Gasteiger partial charge in [0.1, 0.15) is 0 Å². The summed E-state index contributed by atoms with van der Waals surface area (Å²) in [6, 6.07) is 15.0. The van der Waals surface area contributed by atoms with Crippen molar-refractivity contribution in [3.05, 3.63) is 70.8 Å². The van der Waals surface area contributed by atoms with Crippen LogP contribution in [0.1, 0.15) is 58.5 Å². The van der Waals surface area contributed by atoms with Gasteiger partial charge in [0, 0.05) is 30.8 Å². The lowest BCUT2D eigenvalue weighted by atomic mass is 10.1. The van der Waals surface area contributed by atoms with E-state index < -0.39 is 0 Å². The highest BCUT2D eigenvalue weighted by Gasteiger charge is 2.16. The molecule has 138 valence electrons. The molecular formula is C22H28N2O2. The quantitative estimate of drug-likeness (QED) is 0.774. The van der Waals surface area contributed by atoms with Gasteiger partial charge in [0.15, 0.2) is 0 Å². The molecule has 2 amide bonds. The van der Waals surface area contributed by atoms with Crippen molar-refractivity contribution >= 4 is 11.8 Å². The first kappa shape index (κ1) is 19.7. The molecule has 0 atom stereocenters. The van der Waals surface area contributed by atoms with E-state index >= 15 is 0 Å². The number of rotatable bonds is 8. The Kier molecular flexibility index (Phi) is 7.39. The van der Waals surface area contributed by atoms with Crippen LogP contribution in [0.5, 0.6) is 0 Å². The standard InChI is InChI=1S/C22H28N2O2/c1-4-13-24(14-5-2)22(26)20-8-6-7-19(15-20)21(25)23-16-18-11-9-17(3)10-12-18/h6-12,15H,4-5,13-14,16H2,1-3H3,(H,23,25). The van der Waals surface area contributed by atoms with Crippen molar-refractivity contribution in [2.45, 2.75) is 40.2 Å². The predicted molar refractivity (Wildman–Crippen MR) is 105 cm³/mol. The van der Waals surface area contributed by atoms with E-state index in [0.717, 1.165) is 31.5 Å². The monoisotopic (exact) mass is 352 g/mol. The molecule has 0 saturated heterocycles. The Balaban J connectivity index is 2.05. The molecule has 2 aromatic rings. The molecule has 0 aliphatic heterocycles. The summed E-state index contributed by atoms with van der Waals surface area (Å²) >= 11 is 0. The highest BCUT2D eigenvalue weighted by molar-refractivity contribution is 5.99. The number of benzene rings is 2. The van der Waals surface area contributed by atoms with Gasteiger partial charge >= 0.3 is 0 Å². The minimum atomic E-state index is -0.169. The number of aryl methyl sites for hydroxylation is 1. The molecule has 4 nitrogen and oxygen atoms in total. The maximum Gasteiger partial charge on any atom is 0.253 e. The van der Waals surface area contributed by atoms with Crippen LogP contribution in [0, 0.1) is 6.92 Å². The summed E-state index contributed by atoms with van der Waals surface area (Å²) in [5.74, 6) is -0.181. The lowest BCUT2D eigenvalue weighted by Crippen LogP contribution is -2.32. The first-order valence-electron chi connectivity index (χ1n) is 9.28. The van der Waals surface area contributed by atoms with Gasteiger partial charge in [0.25, 0.3) is 11.8 Å². The van der Waals surface area contributed by atoms with Crippen LogP contribution >= 0.6 is 0 Å². The normalized spacial score (nSPS) is 10.4. The molecule has 0 radical (unpaired) electrons. The maximum atomic E-state index is 12.7. The first-order chi connectivity index (χ1) is 12.5. The Morgan fingerprint density at radius 1 is 0.923 bits per heavy atom. The van der Waals surface area contributed by atoms with Crippen LogP contribution in [0.2, 0.25) is 0 Å². The topological polar surface area (TPSA) is 49.4 Å². The zero-order chi connectivity index (χ0) is 18.9. The highest BCUT2D eigenvalue weighted by Crippen LogP contribution is 2.11. The van der Waals surface area contributed by atoms with E-state index in [9.17, 15) is 9.59 Å². The molecule has 0 fully saturated rings. The third kappa shape index (κ3) is 5.45. The molecule has 0 aliphatic carbocycles. The van der Waals surface area contributed by atoms with E-state index in [1.807, 2.05) is 36.1 Å². The number of carbonyl (C=O) groups excluding carboxylic acids is 2. The van der Waals surface area contributed by atoms with Crippen LogP contribution in [0.25, 0.3) is 0 Å². The van der Waals surface area contributed by atoms with Crippen molar-refractivity contribution < 1.29 is 9.59 Å². The molecule has 0 unspecified atom stereocenters. The van der Waals surface area contributed by atoms with Gasteiger partial charge in [-0.25, -0.2) is 0 Å². The van der Waals surface area contributed by atoms with Gasteiger partial charge in [0.05, 0.1) is 0 Å². The molecular weight excluding hydrogens is 324 g/mol. The lowest BCUT2D eigenvalue weighted by Gasteiger charge is -2.21. The van der Waals surface area contributed by atoms with Crippen molar-refractivity contribution in [3.63, 3.8) is 0 Å². The molecule has 0 bridgehead atoms. The van der Waals surface area contributed by atoms with Gasteiger partial charge in [-0.3, -0.25) is 9.59 Å². The zero-order valence-corrected chi connectivity index (χ0v) is 15.9. The van der Waals surface area contributed by atoms with Gasteiger partial charge in [-0.1, -0.05) is 49.7 Å². The summed E-state index contributed by atoms with van der Waals surface area (Å²) in [4.78, 5) is 27.0. The summed E-state index contributed by atoms with van der Waals surface area (Å²) in [6.07, 6.45) is 1.84. The van der Waals surface area contributed by atoms with Crippen LogP contribution < -0.4 is 5.32 Å². The second-order valence-corrected chi connectivity index (χ2v) is 6.54. The third-order valence-electron chi connectivity index (χ3n) is 4.22. The Bertz CT molecular complexity index is 732. The van der Waals surface area contributed by atoms with E-state index in [2.05, 4.69) is 19.2 Å². The van der Waals surface area contributed by atoms with Crippen molar-refractivity contribution in [1.82, 2.24) is 10.2 Å². The maximum absolute atomic E-state index is 12.7. The van der Waals surface area contributed by atoms with Crippen molar-refractivity contribution in [3.8, 4) is 0 Å². The van der Waals surface area contributed by atoms with Gasteiger partial charge < -0.3 is 10.2 Å². The fraction of sp³-hybridized carbons (Fsp3) is 0.364. The second kappa shape index (κ2) is 9.76. The molecule has 2 rings (SSSR count). The molecule has 0 saturated carbocycles. The molecule has 1 N–H and O–H groups in total. The van der Waals surface area contributed by atoms with E-state index in [-0.39, 0.29) is 11.8 Å². The summed E-state index contributed by atoms with van der Waals surface area (Å²) in [5, 5.41) is 2.92. The van der Waals surface area contributed by atoms with E-state index in [4.69, 9.17) is 0 Å². The van der Waals surface area contributed by atoms with Gasteiger partial charge in [0.2, 0.25) is 0 Å². The van der Waals surface area contributed by atoms with Crippen LogP contribution in [0.4, 0.5) is 0 Å². The minimum Gasteiger partial charge on any atom is -0.348 e. The fourth-order valence-electron chi connectivity index (χ4n) is 2.82. The van der Waals surface area contributed by atoms with Crippen molar-refractivity contribution in [2.24, 2.45) is 0 Å². The third-order valence-corrected chi connectivity index (χ3v) is 4.22. The molecule has 26 heavy (non-hydrogen) atoms. The zero-order valence-electron chi connectivity index (χ0n) is 15.9. The average molecular weight is 352 g/mol. The number of carbonyl (C=O) groups is 2. The Labute approximate surface area is 156 Å². The Morgan fingerprint density at radius 2 is 1.54 bits per heavy atom. The number of nitrogens with zero attached hydrogens (tertiary/aromatic N) is 1.